The first-order chi connectivity index (χ1) is 16.5. The fourth-order valence-electron chi connectivity index (χ4n) is 6.06. The molecule has 2 saturated heterocycles. The molecule has 2 bridgehead atoms. The smallest absolute Gasteiger partial charge is 0.246 e. The number of anilines is 1. The Balaban J connectivity index is 1.42. The molecular formula is C26H31N3O4S. The molecule has 1 saturated carbocycles. The Morgan fingerprint density at radius 3 is 2.79 bits per heavy atom. The highest BCUT2D eigenvalue weighted by Gasteiger charge is 2.72. The number of nitrogens with one attached hydrogen (secondary N) is 2. The standard InChI is InChI=1S/C26H31N3O4S/c1-3-14-29-22(24(31)27-16-8-5-4-6-9-16)26-13-12-19(33-26)20(21(26)25(29)32)23(30)28-17-10-7-11-18(15-17)34-2/h3,7,10-13,15-16,19-22H,1,4-6,8-9,14H2,2H3,(H,27,31)(H,28,30)/t19-,20-,21-,22+,26-/m0/s1. The third-order valence-electron chi connectivity index (χ3n) is 7.54. The van der Waals surface area contributed by atoms with E-state index in [1.807, 2.05) is 42.7 Å². The molecule has 1 aromatic carbocycles. The van der Waals surface area contributed by atoms with Crippen LogP contribution in [0.15, 0.2) is 54.0 Å². The summed E-state index contributed by atoms with van der Waals surface area (Å²) in [6.45, 7) is 4.01. The number of thioether (sulfide) groups is 1. The molecule has 3 aliphatic heterocycles. The Labute approximate surface area is 204 Å². The molecule has 1 spiro atoms. The summed E-state index contributed by atoms with van der Waals surface area (Å²) in [5.41, 5.74) is -0.454. The Hall–Kier alpha value is -2.58. The van der Waals surface area contributed by atoms with Gasteiger partial charge >= 0.3 is 0 Å². The number of hydrogen-bond acceptors (Lipinski definition) is 5. The lowest BCUT2D eigenvalue weighted by atomic mass is 9.74. The molecule has 3 amide bonds. The number of amides is 3. The van der Waals surface area contributed by atoms with Gasteiger partial charge in [0.2, 0.25) is 17.7 Å². The van der Waals surface area contributed by atoms with Gasteiger partial charge in [0.05, 0.1) is 17.9 Å². The molecule has 0 radical (unpaired) electrons. The summed E-state index contributed by atoms with van der Waals surface area (Å²) < 4.78 is 6.34. The molecule has 7 nitrogen and oxygen atoms in total. The van der Waals surface area contributed by atoms with Crippen molar-refractivity contribution in [2.24, 2.45) is 11.8 Å². The summed E-state index contributed by atoms with van der Waals surface area (Å²) in [6, 6.07) is 6.90. The lowest BCUT2D eigenvalue weighted by Crippen LogP contribution is -2.56. The van der Waals surface area contributed by atoms with Crippen molar-refractivity contribution in [3.05, 3.63) is 49.1 Å². The van der Waals surface area contributed by atoms with Crippen LogP contribution in [0.3, 0.4) is 0 Å². The number of rotatable bonds is 7. The molecule has 2 N–H and O–H groups in total. The molecule has 0 unspecified atom stereocenters. The molecule has 3 heterocycles. The van der Waals surface area contributed by atoms with Crippen LogP contribution in [0.5, 0.6) is 0 Å². The van der Waals surface area contributed by atoms with Crippen LogP contribution in [0.1, 0.15) is 32.1 Å². The van der Waals surface area contributed by atoms with Crippen molar-refractivity contribution in [2.45, 2.75) is 60.8 Å². The van der Waals surface area contributed by atoms with Crippen LogP contribution >= 0.6 is 11.8 Å². The van der Waals surface area contributed by atoms with Gasteiger partial charge in [-0.2, -0.15) is 0 Å². The van der Waals surface area contributed by atoms with Crippen LogP contribution in [0.2, 0.25) is 0 Å². The number of benzene rings is 1. The summed E-state index contributed by atoms with van der Waals surface area (Å²) in [5, 5.41) is 6.14. The molecule has 4 aliphatic rings. The van der Waals surface area contributed by atoms with E-state index < -0.39 is 29.6 Å². The number of nitrogens with zero attached hydrogens (tertiary/aromatic N) is 1. The van der Waals surface area contributed by atoms with Gasteiger partial charge in [0, 0.05) is 23.2 Å². The van der Waals surface area contributed by atoms with E-state index in [9.17, 15) is 14.4 Å². The molecule has 3 fully saturated rings. The predicted molar refractivity (Wildman–Crippen MR) is 131 cm³/mol. The summed E-state index contributed by atoms with van der Waals surface area (Å²) >= 11 is 1.59. The highest BCUT2D eigenvalue weighted by Crippen LogP contribution is 2.55. The van der Waals surface area contributed by atoms with E-state index in [0.29, 0.717) is 5.69 Å². The van der Waals surface area contributed by atoms with Gasteiger partial charge in [0.15, 0.2) is 0 Å². The highest BCUT2D eigenvalue weighted by atomic mass is 32.2. The molecule has 1 aromatic rings. The van der Waals surface area contributed by atoms with Crippen molar-refractivity contribution in [1.82, 2.24) is 10.2 Å². The van der Waals surface area contributed by atoms with E-state index in [1.165, 1.54) is 11.3 Å². The summed E-state index contributed by atoms with van der Waals surface area (Å²) in [5.74, 6) is -2.14. The van der Waals surface area contributed by atoms with Gasteiger partial charge in [0.1, 0.15) is 11.6 Å². The molecule has 8 heteroatoms. The van der Waals surface area contributed by atoms with Crippen molar-refractivity contribution in [3.8, 4) is 0 Å². The average Bonchev–Trinajstić information content (AvgIpc) is 3.48. The quantitative estimate of drug-likeness (QED) is 0.462. The summed E-state index contributed by atoms with van der Waals surface area (Å²) in [4.78, 5) is 43.2. The van der Waals surface area contributed by atoms with Gasteiger partial charge in [0.25, 0.3) is 0 Å². The monoisotopic (exact) mass is 481 g/mol. The number of likely N-dealkylation sites (tertiary alicyclic amines) is 1. The molecule has 0 aromatic heterocycles. The Bertz CT molecular complexity index is 1040. The Morgan fingerprint density at radius 1 is 1.26 bits per heavy atom. The fraction of sp³-hybridized carbons (Fsp3) is 0.500. The van der Waals surface area contributed by atoms with E-state index in [1.54, 1.807) is 17.8 Å². The molecule has 5 atom stereocenters. The van der Waals surface area contributed by atoms with Crippen LogP contribution in [0.25, 0.3) is 0 Å². The third kappa shape index (κ3) is 3.77. The van der Waals surface area contributed by atoms with Crippen LogP contribution in [-0.2, 0) is 19.1 Å². The van der Waals surface area contributed by atoms with Crippen LogP contribution in [0.4, 0.5) is 5.69 Å². The van der Waals surface area contributed by atoms with Crippen LogP contribution in [0, 0.1) is 11.8 Å². The van der Waals surface area contributed by atoms with Crippen molar-refractivity contribution in [2.75, 3.05) is 18.1 Å². The topological polar surface area (TPSA) is 87.7 Å². The van der Waals surface area contributed by atoms with Crippen molar-refractivity contribution in [1.29, 1.82) is 0 Å². The van der Waals surface area contributed by atoms with Crippen molar-refractivity contribution < 1.29 is 19.1 Å². The SMILES string of the molecule is C=CCN1C(=O)[C@@H]2[C@@H](C(=O)Nc3cccc(SC)c3)[C@@H]3C=C[C@@]2(O3)[C@H]1C(=O)NC1CCCCC1. The van der Waals surface area contributed by atoms with Gasteiger partial charge in [-0.15, -0.1) is 18.3 Å². The third-order valence-corrected chi connectivity index (χ3v) is 8.26. The number of fused-ring (bicyclic) bond motifs is 1. The average molecular weight is 482 g/mol. The van der Waals surface area contributed by atoms with Gasteiger partial charge in [-0.05, 0) is 37.3 Å². The van der Waals surface area contributed by atoms with E-state index in [2.05, 4.69) is 17.2 Å². The maximum absolute atomic E-state index is 13.6. The lowest BCUT2D eigenvalue weighted by Gasteiger charge is -2.33. The second kappa shape index (κ2) is 9.23. The number of carbonyl (C=O) groups is 3. The number of ether oxygens (including phenoxy) is 1. The lowest BCUT2D eigenvalue weighted by molar-refractivity contribution is -0.140. The first-order valence-electron chi connectivity index (χ1n) is 12.0. The van der Waals surface area contributed by atoms with Gasteiger partial charge in [-0.3, -0.25) is 14.4 Å². The van der Waals surface area contributed by atoms with E-state index in [-0.39, 0.29) is 30.3 Å². The minimum atomic E-state index is -1.13. The van der Waals surface area contributed by atoms with E-state index >= 15 is 0 Å². The fourth-order valence-corrected chi connectivity index (χ4v) is 6.52. The Morgan fingerprint density at radius 2 is 2.06 bits per heavy atom. The van der Waals surface area contributed by atoms with E-state index in [0.717, 1.165) is 30.6 Å². The van der Waals surface area contributed by atoms with Crippen LogP contribution < -0.4 is 10.6 Å². The maximum atomic E-state index is 13.6. The zero-order chi connectivity index (χ0) is 23.9. The summed E-state index contributed by atoms with van der Waals surface area (Å²) in [7, 11) is 0. The van der Waals surface area contributed by atoms with Gasteiger partial charge < -0.3 is 20.3 Å². The van der Waals surface area contributed by atoms with Crippen molar-refractivity contribution in [3.63, 3.8) is 0 Å². The molecule has 5 rings (SSSR count). The summed E-state index contributed by atoms with van der Waals surface area (Å²) in [6.07, 6.45) is 12.0. The second-order valence-corrected chi connectivity index (χ2v) is 10.4. The molecule has 180 valence electrons. The Kier molecular flexibility index (Phi) is 6.29. The van der Waals surface area contributed by atoms with Crippen molar-refractivity contribution >= 4 is 35.2 Å². The number of carbonyl (C=O) groups excluding carboxylic acids is 3. The molecule has 34 heavy (non-hydrogen) atoms. The van der Waals surface area contributed by atoms with E-state index in [4.69, 9.17) is 4.74 Å². The molecule has 1 aliphatic carbocycles. The second-order valence-electron chi connectivity index (χ2n) is 9.55. The van der Waals surface area contributed by atoms with Gasteiger partial charge in [-0.1, -0.05) is 43.6 Å². The molecular weight excluding hydrogens is 450 g/mol. The largest absolute Gasteiger partial charge is 0.359 e. The first-order valence-corrected chi connectivity index (χ1v) is 13.2. The minimum absolute atomic E-state index is 0.114. The van der Waals surface area contributed by atoms with Crippen LogP contribution in [-0.4, -0.2) is 59.2 Å². The zero-order valence-corrected chi connectivity index (χ0v) is 20.2. The minimum Gasteiger partial charge on any atom is -0.359 e. The normalized spacial score (nSPS) is 32.0. The van der Waals surface area contributed by atoms with Gasteiger partial charge in [-0.25, -0.2) is 0 Å². The zero-order valence-electron chi connectivity index (χ0n) is 19.4. The maximum Gasteiger partial charge on any atom is 0.246 e. The predicted octanol–water partition coefficient (Wildman–Crippen LogP) is 3.13. The number of hydrogen-bond donors (Lipinski definition) is 2. The first kappa shape index (κ1) is 23.2. The highest BCUT2D eigenvalue weighted by molar-refractivity contribution is 7.98.